The molecule has 0 saturated heterocycles. The fourth-order valence-electron chi connectivity index (χ4n) is 6.11. The second kappa shape index (κ2) is 7.40. The first-order chi connectivity index (χ1) is 14.9. The normalized spacial score (nSPS) is 23.8. The Kier molecular flexibility index (Phi) is 5.00. The summed E-state index contributed by atoms with van der Waals surface area (Å²) in [5, 5.41) is 0. The van der Waals surface area contributed by atoms with Crippen LogP contribution in [0, 0.1) is 19.9 Å². The van der Waals surface area contributed by atoms with Gasteiger partial charge < -0.3 is 4.57 Å². The molecule has 0 unspecified atom stereocenters. The van der Waals surface area contributed by atoms with Crippen LogP contribution in [0.15, 0.2) is 54.6 Å². The van der Waals surface area contributed by atoms with E-state index >= 15 is 0 Å². The molecule has 165 valence electrons. The molecule has 0 atom stereocenters. The summed E-state index contributed by atoms with van der Waals surface area (Å²) >= 11 is 0. The van der Waals surface area contributed by atoms with E-state index in [0.29, 0.717) is 5.41 Å². The summed E-state index contributed by atoms with van der Waals surface area (Å²) in [6.07, 6.45) is 5.16. The van der Waals surface area contributed by atoms with E-state index in [-0.39, 0.29) is 25.5 Å². The Labute approximate surface area is 204 Å². The molecule has 7 rings (SSSR count). The van der Waals surface area contributed by atoms with E-state index in [9.17, 15) is 0 Å². The van der Waals surface area contributed by atoms with Crippen LogP contribution < -0.4 is 0 Å². The molecule has 32 heavy (non-hydrogen) atoms. The van der Waals surface area contributed by atoms with E-state index in [0.717, 1.165) is 16.9 Å². The van der Waals surface area contributed by atoms with Gasteiger partial charge in [-0.05, 0) is 84.7 Å². The number of para-hydroxylation sites is 1. The topological polar surface area (TPSA) is 17.8 Å². The van der Waals surface area contributed by atoms with Gasteiger partial charge in [-0.3, -0.25) is 4.98 Å². The van der Waals surface area contributed by atoms with E-state index < -0.39 is 0 Å². The third-order valence-corrected chi connectivity index (χ3v) is 8.16. The first-order valence-electron chi connectivity index (χ1n) is 11.5. The van der Waals surface area contributed by atoms with Crippen LogP contribution in [0.2, 0.25) is 0 Å². The predicted octanol–water partition coefficient (Wildman–Crippen LogP) is 7.21. The Balaban J connectivity index is 0.00000216. The monoisotopic (exact) mass is 598 g/mol. The van der Waals surface area contributed by atoms with Crippen LogP contribution in [0.3, 0.4) is 0 Å². The second-order valence-electron chi connectivity index (χ2n) is 10.3. The average Bonchev–Trinajstić information content (AvgIpc) is 3.14. The van der Waals surface area contributed by atoms with Crippen molar-refractivity contribution in [3.8, 4) is 17.1 Å². The van der Waals surface area contributed by atoms with Gasteiger partial charge in [0.2, 0.25) is 0 Å². The predicted molar refractivity (Wildman–Crippen MR) is 128 cm³/mol. The summed E-state index contributed by atoms with van der Waals surface area (Å²) in [6.45, 7) is 9.34. The zero-order chi connectivity index (χ0) is 21.4. The van der Waals surface area contributed by atoms with Gasteiger partial charge in [-0.15, -0.1) is 35.9 Å². The quantitative estimate of drug-likeness (QED) is 0.223. The number of nitrogens with zero attached hydrogens (tertiary/aromatic N) is 2. The Morgan fingerprint density at radius 2 is 1.47 bits per heavy atom. The number of imidazole rings is 1. The van der Waals surface area contributed by atoms with Gasteiger partial charge in [0.15, 0.2) is 0 Å². The number of fused-ring (bicyclic) bond motifs is 3. The third-order valence-electron chi connectivity index (χ3n) is 8.16. The van der Waals surface area contributed by atoms with Crippen molar-refractivity contribution < 1.29 is 20.1 Å². The van der Waals surface area contributed by atoms with Crippen molar-refractivity contribution in [3.63, 3.8) is 0 Å². The Bertz CT molecular complexity index is 1300. The summed E-state index contributed by atoms with van der Waals surface area (Å²) in [5.74, 6) is 0.984. The van der Waals surface area contributed by atoms with Crippen molar-refractivity contribution in [1.29, 1.82) is 0 Å². The van der Waals surface area contributed by atoms with E-state index in [2.05, 4.69) is 80.8 Å². The zero-order valence-electron chi connectivity index (χ0n) is 19.3. The molecule has 1 heterocycles. The van der Waals surface area contributed by atoms with Gasteiger partial charge in [-0.2, -0.15) is 0 Å². The number of hydrogen-bond acceptors (Lipinski definition) is 1. The van der Waals surface area contributed by atoms with Gasteiger partial charge in [0.1, 0.15) is 0 Å². The van der Waals surface area contributed by atoms with E-state index in [1.54, 1.807) is 5.56 Å². The van der Waals surface area contributed by atoms with Gasteiger partial charge in [-0.1, -0.05) is 32.0 Å². The molecule has 2 bridgehead atoms. The molecule has 0 aliphatic heterocycles. The van der Waals surface area contributed by atoms with Crippen molar-refractivity contribution in [2.75, 3.05) is 0 Å². The minimum atomic E-state index is 0. The van der Waals surface area contributed by atoms with Crippen molar-refractivity contribution in [1.82, 2.24) is 9.55 Å². The molecule has 1 aromatic heterocycles. The molecule has 3 aromatic carbocycles. The first-order valence-corrected chi connectivity index (χ1v) is 11.5. The molecule has 0 spiro atoms. The molecule has 2 nitrogen and oxygen atoms in total. The number of aryl methyl sites for hydroxylation is 2. The molecular formula is C29H29IrN2-. The maximum atomic E-state index is 5.22. The molecule has 3 aliphatic carbocycles. The van der Waals surface area contributed by atoms with Crippen LogP contribution in [0.25, 0.3) is 28.1 Å². The fourth-order valence-corrected chi connectivity index (χ4v) is 6.11. The molecule has 1 radical (unpaired) electrons. The van der Waals surface area contributed by atoms with Gasteiger partial charge in [-0.25, -0.2) is 0 Å². The molecule has 1 saturated carbocycles. The van der Waals surface area contributed by atoms with Crippen LogP contribution in [0.4, 0.5) is 0 Å². The van der Waals surface area contributed by atoms with Gasteiger partial charge in [0, 0.05) is 25.8 Å². The summed E-state index contributed by atoms with van der Waals surface area (Å²) in [5.41, 5.74) is 10.8. The van der Waals surface area contributed by atoms with Crippen LogP contribution in [-0.2, 0) is 30.9 Å². The van der Waals surface area contributed by atoms with Crippen LogP contribution >= 0.6 is 0 Å². The van der Waals surface area contributed by atoms with Crippen molar-refractivity contribution in [3.05, 3.63) is 82.9 Å². The van der Waals surface area contributed by atoms with Crippen LogP contribution in [0.1, 0.15) is 61.8 Å². The molecule has 0 amide bonds. The van der Waals surface area contributed by atoms with Gasteiger partial charge >= 0.3 is 0 Å². The first kappa shape index (κ1) is 21.6. The molecule has 3 heteroatoms. The summed E-state index contributed by atoms with van der Waals surface area (Å²) in [4.78, 5) is 5.22. The molecule has 3 aliphatic rings. The second-order valence-corrected chi connectivity index (χ2v) is 10.3. The Morgan fingerprint density at radius 1 is 0.844 bits per heavy atom. The molecular weight excluding hydrogens is 569 g/mol. The summed E-state index contributed by atoms with van der Waals surface area (Å²) in [6, 6.07) is 23.1. The molecule has 1 fully saturated rings. The zero-order valence-corrected chi connectivity index (χ0v) is 21.6. The standard InChI is InChI=1S/C29H29N2.Ir/c1-19-9-8-10-20(2)26(19)31-25-18-23-22(28(3)13-15-29(23,4)16-14-28)17-24(25)30-27(31)21-11-6-5-7-12-21;/h5-11,17-18H,13-16H2,1-4H3;/q-1;. The van der Waals surface area contributed by atoms with Crippen molar-refractivity contribution >= 4 is 11.0 Å². The largest absolute Gasteiger partial charge is 0.333 e. The minimum absolute atomic E-state index is 0. The third kappa shape index (κ3) is 2.98. The van der Waals surface area contributed by atoms with E-state index in [1.807, 2.05) is 12.1 Å². The summed E-state index contributed by atoms with van der Waals surface area (Å²) < 4.78 is 2.39. The van der Waals surface area contributed by atoms with Gasteiger partial charge in [0.05, 0.1) is 16.9 Å². The average molecular weight is 598 g/mol. The number of hydrogen-bond donors (Lipinski definition) is 0. The Morgan fingerprint density at radius 3 is 2.06 bits per heavy atom. The van der Waals surface area contributed by atoms with E-state index in [1.165, 1.54) is 53.6 Å². The maximum absolute atomic E-state index is 5.22. The number of aromatic nitrogens is 2. The van der Waals surface area contributed by atoms with Gasteiger partial charge in [0.25, 0.3) is 0 Å². The maximum Gasteiger partial charge on any atom is 0.0777 e. The Hall–Kier alpha value is -2.22. The molecule has 0 N–H and O–H groups in total. The number of rotatable bonds is 2. The van der Waals surface area contributed by atoms with Crippen molar-refractivity contribution in [2.24, 2.45) is 0 Å². The SMILES string of the molecule is Cc1cccc(C)c1-n1c(-c2[c-]cccc2)nc2cc3c(cc21)C1(C)CCC3(C)CC1.[Ir]. The number of benzene rings is 3. The smallest absolute Gasteiger partial charge is 0.0777 e. The van der Waals surface area contributed by atoms with Crippen LogP contribution in [-0.4, -0.2) is 9.55 Å². The minimum Gasteiger partial charge on any atom is -0.333 e. The fraction of sp³-hybridized carbons (Fsp3) is 0.345. The van der Waals surface area contributed by atoms with Crippen molar-refractivity contribution in [2.45, 2.75) is 64.2 Å². The molecule has 4 aromatic rings. The van der Waals surface area contributed by atoms with Crippen LogP contribution in [0.5, 0.6) is 0 Å². The summed E-state index contributed by atoms with van der Waals surface area (Å²) in [7, 11) is 0. The van der Waals surface area contributed by atoms with E-state index in [4.69, 9.17) is 4.98 Å².